The molecule has 0 aliphatic heterocycles. The number of halogens is 1. The SMILES string of the molecule is CCOC(=O)C(F)(Sc1ccccc1)C(=O)OCC. The third-order valence-corrected chi connectivity index (χ3v) is 3.20. The van der Waals surface area contributed by atoms with Gasteiger partial charge in [0, 0.05) is 4.90 Å². The topological polar surface area (TPSA) is 52.6 Å². The maximum Gasteiger partial charge on any atom is 0.367 e. The van der Waals surface area contributed by atoms with E-state index in [9.17, 15) is 14.0 Å². The molecule has 1 aromatic rings. The second kappa shape index (κ2) is 7.13. The van der Waals surface area contributed by atoms with Crippen molar-refractivity contribution in [1.29, 1.82) is 0 Å². The quantitative estimate of drug-likeness (QED) is 0.457. The third kappa shape index (κ3) is 3.96. The molecule has 104 valence electrons. The van der Waals surface area contributed by atoms with Crippen molar-refractivity contribution in [3.63, 3.8) is 0 Å². The van der Waals surface area contributed by atoms with E-state index in [2.05, 4.69) is 9.47 Å². The van der Waals surface area contributed by atoms with E-state index in [1.807, 2.05) is 0 Å². The van der Waals surface area contributed by atoms with E-state index in [-0.39, 0.29) is 13.2 Å². The molecule has 6 heteroatoms. The predicted octanol–water partition coefficient (Wildman–Crippen LogP) is 2.57. The Balaban J connectivity index is 2.98. The molecule has 0 aliphatic rings. The number of ether oxygens (including phenoxy) is 2. The summed E-state index contributed by atoms with van der Waals surface area (Å²) >= 11 is 0.471. The van der Waals surface area contributed by atoms with Crippen LogP contribution in [0, 0.1) is 0 Å². The average molecular weight is 286 g/mol. The Morgan fingerprint density at radius 1 is 1.11 bits per heavy atom. The zero-order valence-electron chi connectivity index (χ0n) is 10.7. The first-order valence-electron chi connectivity index (χ1n) is 5.82. The lowest BCUT2D eigenvalue weighted by molar-refractivity contribution is -0.165. The Morgan fingerprint density at radius 2 is 1.58 bits per heavy atom. The van der Waals surface area contributed by atoms with Gasteiger partial charge in [0.05, 0.1) is 13.2 Å². The second-order valence-corrected chi connectivity index (χ2v) is 4.69. The Morgan fingerprint density at radius 3 is 2.00 bits per heavy atom. The number of carbonyl (C=O) groups is 2. The summed E-state index contributed by atoms with van der Waals surface area (Å²) in [6, 6.07) is 8.30. The number of carbonyl (C=O) groups excluding carboxylic acids is 2. The van der Waals surface area contributed by atoms with Crippen LogP contribution in [0.3, 0.4) is 0 Å². The van der Waals surface area contributed by atoms with Crippen LogP contribution in [0.5, 0.6) is 0 Å². The Bertz CT molecular complexity index is 418. The maximum atomic E-state index is 14.7. The van der Waals surface area contributed by atoms with Crippen molar-refractivity contribution in [1.82, 2.24) is 0 Å². The summed E-state index contributed by atoms with van der Waals surface area (Å²) in [5.41, 5.74) is 0. The fraction of sp³-hybridized carbons (Fsp3) is 0.385. The molecule has 19 heavy (non-hydrogen) atoms. The molecule has 0 aromatic heterocycles. The van der Waals surface area contributed by atoms with Gasteiger partial charge in [-0.1, -0.05) is 30.0 Å². The first kappa shape index (κ1) is 15.5. The van der Waals surface area contributed by atoms with Gasteiger partial charge in [0.25, 0.3) is 0 Å². The van der Waals surface area contributed by atoms with E-state index in [0.29, 0.717) is 16.7 Å². The van der Waals surface area contributed by atoms with Gasteiger partial charge in [0.2, 0.25) is 0 Å². The van der Waals surface area contributed by atoms with Crippen LogP contribution in [0.4, 0.5) is 4.39 Å². The largest absolute Gasteiger partial charge is 0.462 e. The standard InChI is InChI=1S/C13H15FO4S/c1-3-17-11(15)13(14,12(16)18-4-2)19-10-8-6-5-7-9-10/h5-9H,3-4H2,1-2H3. The Hall–Kier alpha value is -1.56. The fourth-order valence-electron chi connectivity index (χ4n) is 1.27. The van der Waals surface area contributed by atoms with Crippen LogP contribution in [0.15, 0.2) is 35.2 Å². The lowest BCUT2D eigenvalue weighted by atomic mass is 10.4. The highest BCUT2D eigenvalue weighted by Crippen LogP contribution is 2.36. The number of alkyl halides is 1. The summed E-state index contributed by atoms with van der Waals surface area (Å²) in [6.45, 7) is 3.05. The van der Waals surface area contributed by atoms with Gasteiger partial charge in [-0.3, -0.25) is 0 Å². The van der Waals surface area contributed by atoms with Crippen LogP contribution in [0.25, 0.3) is 0 Å². The zero-order valence-corrected chi connectivity index (χ0v) is 11.5. The number of hydrogen-bond acceptors (Lipinski definition) is 5. The highest BCUT2D eigenvalue weighted by molar-refractivity contribution is 8.02. The van der Waals surface area contributed by atoms with Gasteiger partial charge in [-0.05, 0) is 26.0 Å². The highest BCUT2D eigenvalue weighted by Gasteiger charge is 2.51. The van der Waals surface area contributed by atoms with E-state index in [0.717, 1.165) is 0 Å². The number of esters is 2. The average Bonchev–Trinajstić information content (AvgIpc) is 2.40. The molecule has 0 amide bonds. The highest BCUT2D eigenvalue weighted by atomic mass is 32.2. The van der Waals surface area contributed by atoms with Crippen LogP contribution in [-0.4, -0.2) is 30.2 Å². The molecule has 0 unspecified atom stereocenters. The molecule has 0 heterocycles. The monoisotopic (exact) mass is 286 g/mol. The summed E-state index contributed by atoms with van der Waals surface area (Å²) in [6.07, 6.45) is 0. The van der Waals surface area contributed by atoms with Crippen molar-refractivity contribution in [2.45, 2.75) is 23.7 Å². The van der Waals surface area contributed by atoms with Gasteiger partial charge in [-0.15, -0.1) is 0 Å². The minimum Gasteiger partial charge on any atom is -0.462 e. The predicted molar refractivity (Wildman–Crippen MR) is 69.4 cm³/mol. The van der Waals surface area contributed by atoms with E-state index >= 15 is 0 Å². The number of benzene rings is 1. The molecular weight excluding hydrogens is 271 g/mol. The summed E-state index contributed by atoms with van der Waals surface area (Å²) < 4.78 is 23.9. The van der Waals surface area contributed by atoms with E-state index in [1.165, 1.54) is 13.8 Å². The molecule has 4 nitrogen and oxygen atoms in total. The summed E-state index contributed by atoms with van der Waals surface area (Å²) in [5.74, 6) is -2.50. The first-order valence-corrected chi connectivity index (χ1v) is 6.63. The van der Waals surface area contributed by atoms with Crippen molar-refractivity contribution in [2.75, 3.05) is 13.2 Å². The lowest BCUT2D eigenvalue weighted by Gasteiger charge is -2.20. The van der Waals surface area contributed by atoms with Crippen LogP contribution in [0.1, 0.15) is 13.8 Å². The number of thioether (sulfide) groups is 1. The van der Waals surface area contributed by atoms with Gasteiger partial charge in [0.1, 0.15) is 0 Å². The maximum absolute atomic E-state index is 14.7. The molecule has 0 saturated heterocycles. The fourth-order valence-corrected chi connectivity index (χ4v) is 2.17. The summed E-state index contributed by atoms with van der Waals surface area (Å²) in [7, 11) is 0. The molecule has 0 N–H and O–H groups in total. The minimum atomic E-state index is -2.88. The molecule has 0 spiro atoms. The number of rotatable bonds is 6. The van der Waals surface area contributed by atoms with Crippen molar-refractivity contribution in [3.05, 3.63) is 30.3 Å². The Kier molecular flexibility index (Phi) is 5.82. The molecule has 0 bridgehead atoms. The zero-order chi connectivity index (χ0) is 14.3. The van der Waals surface area contributed by atoms with E-state index in [1.54, 1.807) is 30.3 Å². The normalized spacial score (nSPS) is 10.9. The first-order chi connectivity index (χ1) is 9.04. The summed E-state index contributed by atoms with van der Waals surface area (Å²) in [5, 5.41) is -2.88. The van der Waals surface area contributed by atoms with Gasteiger partial charge in [0.15, 0.2) is 0 Å². The molecular formula is C13H15FO4S. The molecule has 1 aromatic carbocycles. The third-order valence-electron chi connectivity index (χ3n) is 2.08. The lowest BCUT2D eigenvalue weighted by Crippen LogP contribution is -2.41. The molecule has 0 saturated carbocycles. The van der Waals surface area contributed by atoms with Crippen LogP contribution >= 0.6 is 11.8 Å². The molecule has 0 fully saturated rings. The second-order valence-electron chi connectivity index (χ2n) is 3.45. The van der Waals surface area contributed by atoms with Gasteiger partial charge >= 0.3 is 16.9 Å². The van der Waals surface area contributed by atoms with Gasteiger partial charge in [-0.25, -0.2) is 14.0 Å². The van der Waals surface area contributed by atoms with Crippen molar-refractivity contribution in [3.8, 4) is 0 Å². The summed E-state index contributed by atoms with van der Waals surface area (Å²) in [4.78, 5) is 23.8. The molecule has 0 atom stereocenters. The molecule has 0 radical (unpaired) electrons. The molecule has 1 rings (SSSR count). The van der Waals surface area contributed by atoms with Crippen molar-refractivity contribution >= 4 is 23.7 Å². The van der Waals surface area contributed by atoms with Gasteiger partial charge in [-0.2, -0.15) is 0 Å². The van der Waals surface area contributed by atoms with Gasteiger partial charge < -0.3 is 9.47 Å². The van der Waals surface area contributed by atoms with Crippen molar-refractivity contribution in [2.24, 2.45) is 0 Å². The van der Waals surface area contributed by atoms with Crippen LogP contribution in [0.2, 0.25) is 0 Å². The van der Waals surface area contributed by atoms with Crippen LogP contribution < -0.4 is 0 Å². The minimum absolute atomic E-state index is 0.0146. The van der Waals surface area contributed by atoms with E-state index < -0.39 is 16.9 Å². The smallest absolute Gasteiger partial charge is 0.367 e. The number of hydrogen-bond donors (Lipinski definition) is 0. The van der Waals surface area contributed by atoms with E-state index in [4.69, 9.17) is 0 Å². The van der Waals surface area contributed by atoms with Crippen LogP contribution in [-0.2, 0) is 19.1 Å². The Labute approximate surface area is 115 Å². The molecule has 0 aliphatic carbocycles. The van der Waals surface area contributed by atoms with Crippen molar-refractivity contribution < 1.29 is 23.5 Å².